The lowest BCUT2D eigenvalue weighted by Gasteiger charge is -2.13. The van der Waals surface area contributed by atoms with Crippen LogP contribution in [0.4, 0.5) is 0 Å². The normalized spacial score (nSPS) is 22.1. The molecule has 0 fully saturated rings. The lowest BCUT2D eigenvalue weighted by atomic mass is 10.1. The molecule has 0 aliphatic heterocycles. The molecule has 1 heterocycles. The monoisotopic (exact) mass is 242 g/mol. The van der Waals surface area contributed by atoms with Crippen LogP contribution in [-0.2, 0) is 6.54 Å². The summed E-state index contributed by atoms with van der Waals surface area (Å²) < 4.78 is 5.45. The molecule has 3 nitrogen and oxygen atoms in total. The average Bonchev–Trinajstić information content (AvgIpc) is 2.92. The van der Waals surface area contributed by atoms with Gasteiger partial charge in [-0.25, -0.2) is 0 Å². The number of furan rings is 1. The van der Waals surface area contributed by atoms with Crippen LogP contribution in [0.1, 0.15) is 41.0 Å². The number of nitrogens with two attached hydrogens (primary N) is 1. The number of rotatable bonds is 3. The van der Waals surface area contributed by atoms with Gasteiger partial charge in [0.05, 0.1) is 12.8 Å². The quantitative estimate of drug-likeness (QED) is 0.870. The fourth-order valence-corrected chi connectivity index (χ4v) is 2.67. The summed E-state index contributed by atoms with van der Waals surface area (Å²) in [5.41, 5.74) is 9.94. The van der Waals surface area contributed by atoms with Crippen molar-refractivity contribution in [2.45, 2.75) is 32.0 Å². The number of benzene rings is 1. The SMILES string of the molecule is Cc1ccoc1CNC1CC(N)c2ccccc21. The lowest BCUT2D eigenvalue weighted by Crippen LogP contribution is -2.19. The Hall–Kier alpha value is -1.58. The van der Waals surface area contributed by atoms with E-state index in [4.69, 9.17) is 10.2 Å². The first-order chi connectivity index (χ1) is 8.75. The molecule has 1 aliphatic carbocycles. The number of nitrogens with one attached hydrogen (secondary N) is 1. The topological polar surface area (TPSA) is 51.2 Å². The summed E-state index contributed by atoms with van der Waals surface area (Å²) in [7, 11) is 0. The Labute approximate surface area is 107 Å². The van der Waals surface area contributed by atoms with Gasteiger partial charge in [0.25, 0.3) is 0 Å². The highest BCUT2D eigenvalue weighted by Crippen LogP contribution is 2.37. The molecule has 1 aromatic carbocycles. The van der Waals surface area contributed by atoms with Crippen molar-refractivity contribution in [3.63, 3.8) is 0 Å². The molecule has 0 bridgehead atoms. The minimum absolute atomic E-state index is 0.149. The molecule has 0 saturated carbocycles. The summed E-state index contributed by atoms with van der Waals surface area (Å²) in [5, 5.41) is 3.54. The zero-order valence-electron chi connectivity index (χ0n) is 10.5. The Balaban J connectivity index is 1.74. The average molecular weight is 242 g/mol. The molecule has 0 spiro atoms. The first kappa shape index (κ1) is 11.5. The van der Waals surface area contributed by atoms with Gasteiger partial charge in [0, 0.05) is 12.1 Å². The van der Waals surface area contributed by atoms with E-state index in [9.17, 15) is 0 Å². The molecule has 2 aromatic rings. The number of hydrogen-bond donors (Lipinski definition) is 2. The van der Waals surface area contributed by atoms with Crippen molar-refractivity contribution >= 4 is 0 Å². The van der Waals surface area contributed by atoms with Gasteiger partial charge in [0.1, 0.15) is 5.76 Å². The van der Waals surface area contributed by atoms with Crippen LogP contribution in [-0.4, -0.2) is 0 Å². The summed E-state index contributed by atoms with van der Waals surface area (Å²) in [4.78, 5) is 0. The standard InChI is InChI=1S/C15H18N2O/c1-10-6-7-18-15(10)9-17-14-8-13(16)11-4-2-3-5-12(11)14/h2-7,13-14,17H,8-9,16H2,1H3. The molecule has 18 heavy (non-hydrogen) atoms. The number of aryl methyl sites for hydroxylation is 1. The van der Waals surface area contributed by atoms with Crippen molar-refractivity contribution in [2.75, 3.05) is 0 Å². The van der Waals surface area contributed by atoms with E-state index in [-0.39, 0.29) is 6.04 Å². The summed E-state index contributed by atoms with van der Waals surface area (Å²) in [6.07, 6.45) is 2.69. The molecule has 3 N–H and O–H groups in total. The summed E-state index contributed by atoms with van der Waals surface area (Å²) in [5.74, 6) is 1.01. The maximum atomic E-state index is 6.15. The lowest BCUT2D eigenvalue weighted by molar-refractivity contribution is 0.436. The highest BCUT2D eigenvalue weighted by atomic mass is 16.3. The Morgan fingerprint density at radius 2 is 2.06 bits per heavy atom. The fourth-order valence-electron chi connectivity index (χ4n) is 2.67. The van der Waals surface area contributed by atoms with Crippen LogP contribution in [0.5, 0.6) is 0 Å². The van der Waals surface area contributed by atoms with Crippen LogP contribution in [0.2, 0.25) is 0 Å². The summed E-state index contributed by atoms with van der Waals surface area (Å²) >= 11 is 0. The maximum absolute atomic E-state index is 6.15. The van der Waals surface area contributed by atoms with Gasteiger partial charge < -0.3 is 15.5 Å². The van der Waals surface area contributed by atoms with Gasteiger partial charge in [-0.15, -0.1) is 0 Å². The van der Waals surface area contributed by atoms with E-state index >= 15 is 0 Å². The van der Waals surface area contributed by atoms with Gasteiger partial charge in [0.15, 0.2) is 0 Å². The first-order valence-corrected chi connectivity index (χ1v) is 6.36. The molecule has 2 unspecified atom stereocenters. The van der Waals surface area contributed by atoms with Gasteiger partial charge in [-0.05, 0) is 36.1 Å². The van der Waals surface area contributed by atoms with Crippen molar-refractivity contribution in [1.29, 1.82) is 0 Å². The van der Waals surface area contributed by atoms with Crippen molar-refractivity contribution in [1.82, 2.24) is 5.32 Å². The zero-order valence-corrected chi connectivity index (χ0v) is 10.5. The molecule has 1 aromatic heterocycles. The molecule has 0 radical (unpaired) electrons. The van der Waals surface area contributed by atoms with Crippen LogP contribution in [0.3, 0.4) is 0 Å². The predicted octanol–water partition coefficient (Wildman–Crippen LogP) is 2.82. The van der Waals surface area contributed by atoms with Crippen molar-refractivity contribution in [3.05, 3.63) is 59.0 Å². The van der Waals surface area contributed by atoms with Gasteiger partial charge in [-0.2, -0.15) is 0 Å². The third kappa shape index (κ3) is 1.96. The van der Waals surface area contributed by atoms with E-state index < -0.39 is 0 Å². The van der Waals surface area contributed by atoms with E-state index in [0.717, 1.165) is 18.7 Å². The smallest absolute Gasteiger partial charge is 0.120 e. The minimum atomic E-state index is 0.149. The molecular formula is C15H18N2O. The third-order valence-corrected chi connectivity index (χ3v) is 3.74. The Kier molecular flexibility index (Phi) is 2.94. The summed E-state index contributed by atoms with van der Waals surface area (Å²) in [6.45, 7) is 2.82. The zero-order chi connectivity index (χ0) is 12.5. The second kappa shape index (κ2) is 4.59. The van der Waals surface area contributed by atoms with Crippen LogP contribution in [0.25, 0.3) is 0 Å². The van der Waals surface area contributed by atoms with E-state index in [2.05, 4.69) is 36.5 Å². The number of fused-ring (bicyclic) bond motifs is 1. The highest BCUT2D eigenvalue weighted by molar-refractivity contribution is 5.37. The number of hydrogen-bond acceptors (Lipinski definition) is 3. The van der Waals surface area contributed by atoms with E-state index in [1.54, 1.807) is 6.26 Å². The largest absolute Gasteiger partial charge is 0.468 e. The molecule has 1 aliphatic rings. The molecule has 0 amide bonds. The fraction of sp³-hybridized carbons (Fsp3) is 0.333. The van der Waals surface area contributed by atoms with E-state index in [0.29, 0.717) is 6.04 Å². The van der Waals surface area contributed by atoms with Crippen molar-refractivity contribution in [3.8, 4) is 0 Å². The molecule has 3 rings (SSSR count). The Morgan fingerprint density at radius 1 is 1.28 bits per heavy atom. The molecule has 3 heteroatoms. The van der Waals surface area contributed by atoms with Crippen molar-refractivity contribution in [2.24, 2.45) is 5.73 Å². The van der Waals surface area contributed by atoms with Crippen molar-refractivity contribution < 1.29 is 4.42 Å². The van der Waals surface area contributed by atoms with Gasteiger partial charge in [-0.3, -0.25) is 0 Å². The minimum Gasteiger partial charge on any atom is -0.468 e. The predicted molar refractivity (Wildman–Crippen MR) is 71.0 cm³/mol. The third-order valence-electron chi connectivity index (χ3n) is 3.74. The van der Waals surface area contributed by atoms with Gasteiger partial charge >= 0.3 is 0 Å². The maximum Gasteiger partial charge on any atom is 0.120 e. The molecule has 2 atom stereocenters. The highest BCUT2D eigenvalue weighted by Gasteiger charge is 2.27. The molecule has 0 saturated heterocycles. The van der Waals surface area contributed by atoms with E-state index in [1.807, 2.05) is 6.07 Å². The van der Waals surface area contributed by atoms with Gasteiger partial charge in [-0.1, -0.05) is 24.3 Å². The Bertz CT molecular complexity index is 547. The van der Waals surface area contributed by atoms with Gasteiger partial charge in [0.2, 0.25) is 0 Å². The molecular weight excluding hydrogens is 224 g/mol. The first-order valence-electron chi connectivity index (χ1n) is 6.36. The van der Waals surface area contributed by atoms with Crippen LogP contribution >= 0.6 is 0 Å². The Morgan fingerprint density at radius 3 is 2.78 bits per heavy atom. The van der Waals surface area contributed by atoms with Crippen LogP contribution in [0.15, 0.2) is 41.0 Å². The second-order valence-electron chi connectivity index (χ2n) is 4.93. The summed E-state index contributed by atoms with van der Waals surface area (Å²) in [6, 6.07) is 10.9. The van der Waals surface area contributed by atoms with Crippen LogP contribution in [0, 0.1) is 6.92 Å². The molecule has 94 valence electrons. The van der Waals surface area contributed by atoms with E-state index in [1.165, 1.54) is 16.7 Å². The second-order valence-corrected chi connectivity index (χ2v) is 4.93. The van der Waals surface area contributed by atoms with Crippen LogP contribution < -0.4 is 11.1 Å².